The van der Waals surface area contributed by atoms with Gasteiger partial charge in [-0.3, -0.25) is 0 Å². The van der Waals surface area contributed by atoms with Crippen molar-refractivity contribution in [1.29, 1.82) is 0 Å². The van der Waals surface area contributed by atoms with Crippen LogP contribution in [0.4, 0.5) is 16.0 Å². The molecule has 2 bridgehead atoms. The molecule has 1 N–H and O–H groups in total. The van der Waals surface area contributed by atoms with E-state index in [-0.39, 0.29) is 17.9 Å². The minimum atomic E-state index is -0.355. The molecule has 1 aliphatic heterocycles. The van der Waals surface area contributed by atoms with Gasteiger partial charge in [0.15, 0.2) is 0 Å². The number of hydrogen-bond acceptors (Lipinski definition) is 8. The van der Waals surface area contributed by atoms with Gasteiger partial charge in [0.2, 0.25) is 11.8 Å². The molecule has 9 nitrogen and oxygen atoms in total. The van der Waals surface area contributed by atoms with Crippen LogP contribution < -0.4 is 19.7 Å². The van der Waals surface area contributed by atoms with E-state index in [0.29, 0.717) is 35.4 Å². The molecule has 2 aromatic heterocycles. The molecule has 0 spiro atoms. The molecule has 1 aliphatic carbocycles. The normalized spacial score (nSPS) is 22.0. The minimum Gasteiger partial charge on any atom is -0.480 e. The Morgan fingerprint density at radius 1 is 1.15 bits per heavy atom. The Labute approximate surface area is 191 Å². The van der Waals surface area contributed by atoms with Crippen LogP contribution in [0.15, 0.2) is 36.5 Å². The van der Waals surface area contributed by atoms with Gasteiger partial charge < -0.3 is 19.7 Å². The first-order chi connectivity index (χ1) is 16.0. The van der Waals surface area contributed by atoms with Crippen LogP contribution in [0.1, 0.15) is 32.7 Å². The summed E-state index contributed by atoms with van der Waals surface area (Å²) in [5.74, 6) is 2.02. The number of fused-ring (bicyclic) bond motifs is 2. The molecule has 3 heterocycles. The number of ether oxygens (including phenoxy) is 2. The van der Waals surface area contributed by atoms with Crippen LogP contribution >= 0.6 is 0 Å². The molecular formula is C23H28FN7O2. The number of nitrogens with one attached hydrogen (secondary N) is 1. The Hall–Kier alpha value is -3.43. The van der Waals surface area contributed by atoms with E-state index in [9.17, 15) is 4.39 Å². The van der Waals surface area contributed by atoms with Gasteiger partial charge >= 0.3 is 6.01 Å². The Bertz CT molecular complexity index is 1110. The van der Waals surface area contributed by atoms with Gasteiger partial charge in [-0.25, -0.2) is 9.07 Å². The van der Waals surface area contributed by atoms with Gasteiger partial charge in [0.25, 0.3) is 0 Å². The predicted octanol–water partition coefficient (Wildman–Crippen LogP) is 3.92. The van der Waals surface area contributed by atoms with Crippen molar-refractivity contribution >= 4 is 11.6 Å². The summed E-state index contributed by atoms with van der Waals surface area (Å²) in [6.07, 6.45) is 4.08. The molecule has 10 heteroatoms. The number of benzene rings is 1. The van der Waals surface area contributed by atoms with Gasteiger partial charge in [-0.05, 0) is 50.7 Å². The van der Waals surface area contributed by atoms with E-state index in [1.807, 2.05) is 19.9 Å². The number of hydrogen-bond donors (Lipinski definition) is 1. The summed E-state index contributed by atoms with van der Waals surface area (Å²) < 4.78 is 26.4. The molecule has 1 saturated carbocycles. The molecular weight excluding hydrogens is 425 g/mol. The van der Waals surface area contributed by atoms with Gasteiger partial charge in [0.05, 0.1) is 25.0 Å². The molecule has 0 amide bonds. The lowest BCUT2D eigenvalue weighted by Crippen LogP contribution is -2.48. The standard InChI is InChI=1S/C23H28FN7O2/c1-14(2)31-23(33-19-6-4-5-17(24)9-19)27-22(29-31)26-21-15-7-8-16(21)13-30(12-15)18-10-20(32-3)28-25-11-18/h4-6,9-11,14-16,21H,7-8,12-13H2,1-3H3,(H,26,29)/t15-,16+,21-. The predicted molar refractivity (Wildman–Crippen MR) is 121 cm³/mol. The second-order valence-electron chi connectivity index (χ2n) is 8.94. The van der Waals surface area contributed by atoms with Crippen LogP contribution in [0.2, 0.25) is 0 Å². The maximum atomic E-state index is 13.6. The first-order valence-corrected chi connectivity index (χ1v) is 11.3. The van der Waals surface area contributed by atoms with Gasteiger partial charge in [-0.1, -0.05) is 6.07 Å². The van der Waals surface area contributed by atoms with E-state index in [1.165, 1.54) is 12.1 Å². The van der Waals surface area contributed by atoms with Crippen molar-refractivity contribution in [1.82, 2.24) is 25.0 Å². The van der Waals surface area contributed by atoms with E-state index in [0.717, 1.165) is 31.6 Å². The molecule has 5 rings (SSSR count). The zero-order valence-electron chi connectivity index (χ0n) is 19.0. The van der Waals surface area contributed by atoms with Crippen molar-refractivity contribution in [3.8, 4) is 17.6 Å². The molecule has 174 valence electrons. The Morgan fingerprint density at radius 3 is 2.64 bits per heavy atom. The summed E-state index contributed by atoms with van der Waals surface area (Å²) in [6, 6.07) is 8.64. The lowest BCUT2D eigenvalue weighted by atomic mass is 9.92. The number of aromatic nitrogens is 5. The van der Waals surface area contributed by atoms with Crippen LogP contribution in [0, 0.1) is 17.7 Å². The third-order valence-corrected chi connectivity index (χ3v) is 6.42. The Balaban J connectivity index is 1.31. The molecule has 0 unspecified atom stereocenters. The van der Waals surface area contributed by atoms with Crippen LogP contribution in [0.25, 0.3) is 0 Å². The number of halogens is 1. The molecule has 0 radical (unpaired) electrons. The van der Waals surface area contributed by atoms with Crippen molar-refractivity contribution < 1.29 is 13.9 Å². The maximum Gasteiger partial charge on any atom is 0.322 e. The van der Waals surface area contributed by atoms with E-state index < -0.39 is 0 Å². The van der Waals surface area contributed by atoms with E-state index >= 15 is 0 Å². The van der Waals surface area contributed by atoms with Gasteiger partial charge in [0, 0.05) is 31.3 Å². The summed E-state index contributed by atoms with van der Waals surface area (Å²) in [6.45, 7) is 5.85. The highest BCUT2D eigenvalue weighted by Gasteiger charge is 2.43. The van der Waals surface area contributed by atoms with Crippen LogP contribution in [-0.2, 0) is 0 Å². The average Bonchev–Trinajstić information content (AvgIpc) is 3.29. The molecule has 2 aliphatic rings. The largest absolute Gasteiger partial charge is 0.480 e. The number of rotatable bonds is 7. The van der Waals surface area contributed by atoms with Crippen LogP contribution in [0.5, 0.6) is 17.6 Å². The summed E-state index contributed by atoms with van der Waals surface area (Å²) in [4.78, 5) is 6.95. The zero-order chi connectivity index (χ0) is 22.9. The molecule has 1 saturated heterocycles. The molecule has 3 aromatic rings. The third-order valence-electron chi connectivity index (χ3n) is 6.42. The molecule has 33 heavy (non-hydrogen) atoms. The fourth-order valence-corrected chi connectivity index (χ4v) is 4.84. The fourth-order valence-electron chi connectivity index (χ4n) is 4.84. The van der Waals surface area contributed by atoms with Crippen LogP contribution in [-0.4, -0.2) is 51.2 Å². The average molecular weight is 454 g/mol. The SMILES string of the molecule is COc1cc(N2C[C@H]3CC[C@@H](C2)[C@@H]3Nc2nc(Oc3cccc(F)c3)n(C(C)C)n2)cnn1. The molecule has 2 fully saturated rings. The van der Waals surface area contributed by atoms with Crippen molar-refractivity contribution in [3.05, 3.63) is 42.3 Å². The van der Waals surface area contributed by atoms with E-state index in [2.05, 4.69) is 30.5 Å². The van der Waals surface area contributed by atoms with E-state index in [4.69, 9.17) is 9.47 Å². The third kappa shape index (κ3) is 4.42. The number of methoxy groups -OCH3 is 1. The highest BCUT2D eigenvalue weighted by Crippen LogP contribution is 2.40. The van der Waals surface area contributed by atoms with Crippen molar-refractivity contribution in [2.75, 3.05) is 30.4 Å². The second-order valence-corrected chi connectivity index (χ2v) is 8.94. The first kappa shape index (κ1) is 21.4. The molecule has 1 aromatic carbocycles. The van der Waals surface area contributed by atoms with Crippen LogP contribution in [0.3, 0.4) is 0 Å². The monoisotopic (exact) mass is 453 g/mol. The van der Waals surface area contributed by atoms with Gasteiger partial charge in [-0.2, -0.15) is 10.1 Å². The highest BCUT2D eigenvalue weighted by atomic mass is 19.1. The second kappa shape index (κ2) is 8.84. The topological polar surface area (TPSA) is 90.2 Å². The summed E-state index contributed by atoms with van der Waals surface area (Å²) >= 11 is 0. The Morgan fingerprint density at radius 2 is 1.94 bits per heavy atom. The smallest absolute Gasteiger partial charge is 0.322 e. The summed E-state index contributed by atoms with van der Waals surface area (Å²) in [5.41, 5.74) is 1.03. The fraction of sp³-hybridized carbons (Fsp3) is 0.478. The zero-order valence-corrected chi connectivity index (χ0v) is 19.0. The number of piperidine rings is 1. The Kier molecular flexibility index (Phi) is 5.74. The number of anilines is 2. The van der Waals surface area contributed by atoms with E-state index in [1.54, 1.807) is 30.1 Å². The first-order valence-electron chi connectivity index (χ1n) is 11.3. The highest BCUT2D eigenvalue weighted by molar-refractivity contribution is 5.48. The van der Waals surface area contributed by atoms with Gasteiger partial charge in [0.1, 0.15) is 11.6 Å². The lowest BCUT2D eigenvalue weighted by Gasteiger charge is -2.39. The minimum absolute atomic E-state index is 0.0457. The molecule has 3 atom stereocenters. The summed E-state index contributed by atoms with van der Waals surface area (Å²) in [7, 11) is 1.60. The van der Waals surface area contributed by atoms with Crippen molar-refractivity contribution in [2.45, 2.75) is 38.8 Å². The quantitative estimate of drug-likeness (QED) is 0.576. The van der Waals surface area contributed by atoms with Gasteiger partial charge in [-0.15, -0.1) is 10.2 Å². The van der Waals surface area contributed by atoms with Crippen molar-refractivity contribution in [2.24, 2.45) is 11.8 Å². The lowest BCUT2D eigenvalue weighted by molar-refractivity contribution is 0.371. The number of nitrogens with zero attached hydrogens (tertiary/aromatic N) is 6. The van der Waals surface area contributed by atoms with Crippen molar-refractivity contribution in [3.63, 3.8) is 0 Å². The summed E-state index contributed by atoms with van der Waals surface area (Å²) in [5, 5.41) is 16.3. The maximum absolute atomic E-state index is 13.6.